The van der Waals surface area contributed by atoms with Gasteiger partial charge in [-0.1, -0.05) is 0 Å². The Morgan fingerprint density at radius 3 is 1.70 bits per heavy atom. The summed E-state index contributed by atoms with van der Waals surface area (Å²) >= 11 is 0. The highest BCUT2D eigenvalue weighted by atomic mass is 16.6. The molecule has 0 unspecified atom stereocenters. The molecule has 2 atom stereocenters. The van der Waals surface area contributed by atoms with E-state index in [0.29, 0.717) is 23.4 Å². The van der Waals surface area contributed by atoms with Crippen molar-refractivity contribution in [2.45, 2.75) is 64.5 Å². The minimum Gasteiger partial charge on any atom is -0.351 e. The number of piperidine rings is 2. The van der Waals surface area contributed by atoms with Gasteiger partial charge in [-0.25, -0.2) is 14.6 Å². The van der Waals surface area contributed by atoms with Gasteiger partial charge in [-0.15, -0.1) is 0 Å². The Morgan fingerprint density at radius 1 is 0.783 bits per heavy atom. The first-order valence-electron chi connectivity index (χ1n) is 8.77. The second-order valence-electron chi connectivity index (χ2n) is 6.86. The van der Waals surface area contributed by atoms with E-state index < -0.39 is 0 Å². The van der Waals surface area contributed by atoms with Crippen LogP contribution in [0, 0.1) is 0 Å². The van der Waals surface area contributed by atoms with Gasteiger partial charge < -0.3 is 9.80 Å². The van der Waals surface area contributed by atoms with Crippen molar-refractivity contribution in [2.24, 2.45) is 0 Å². The van der Waals surface area contributed by atoms with Gasteiger partial charge in [-0.05, 0) is 62.7 Å². The molecule has 2 fully saturated rings. The number of rotatable bonds is 2. The SMILES string of the molecule is C[C@@H]1CCCCN1c1nc2nonc2nc1N1CCCC[C@H]1C. The number of hydrogen-bond acceptors (Lipinski definition) is 7. The fourth-order valence-corrected chi connectivity index (χ4v) is 3.83. The molecule has 2 aromatic rings. The average Bonchev–Trinajstić information content (AvgIpc) is 3.02. The molecule has 4 heterocycles. The first kappa shape index (κ1) is 14.7. The Hall–Kier alpha value is -1.92. The molecule has 7 nitrogen and oxygen atoms in total. The van der Waals surface area contributed by atoms with Crippen molar-refractivity contribution >= 4 is 22.9 Å². The zero-order chi connectivity index (χ0) is 15.8. The zero-order valence-electron chi connectivity index (χ0n) is 13.9. The van der Waals surface area contributed by atoms with Crippen molar-refractivity contribution in [3.05, 3.63) is 0 Å². The highest BCUT2D eigenvalue weighted by Gasteiger charge is 2.30. The van der Waals surface area contributed by atoms with Gasteiger partial charge in [0.25, 0.3) is 0 Å². The van der Waals surface area contributed by atoms with Crippen molar-refractivity contribution in [3.8, 4) is 0 Å². The molecule has 2 saturated heterocycles. The Labute approximate surface area is 136 Å². The van der Waals surface area contributed by atoms with E-state index in [1.165, 1.54) is 38.5 Å². The molecule has 0 radical (unpaired) electrons. The Morgan fingerprint density at radius 2 is 1.26 bits per heavy atom. The highest BCUT2D eigenvalue weighted by Crippen LogP contribution is 2.34. The summed E-state index contributed by atoms with van der Waals surface area (Å²) in [5.74, 6) is 1.91. The average molecular weight is 316 g/mol. The monoisotopic (exact) mass is 316 g/mol. The van der Waals surface area contributed by atoms with Gasteiger partial charge >= 0.3 is 0 Å². The molecule has 0 N–H and O–H groups in total. The van der Waals surface area contributed by atoms with E-state index in [9.17, 15) is 0 Å². The van der Waals surface area contributed by atoms with Crippen LogP contribution in [-0.2, 0) is 0 Å². The van der Waals surface area contributed by atoms with E-state index in [2.05, 4.69) is 34.0 Å². The lowest BCUT2D eigenvalue weighted by atomic mass is 10.0. The smallest absolute Gasteiger partial charge is 0.245 e. The number of fused-ring (bicyclic) bond motifs is 1. The molecular weight excluding hydrogens is 292 g/mol. The van der Waals surface area contributed by atoms with Crippen LogP contribution in [0.5, 0.6) is 0 Å². The lowest BCUT2D eigenvalue weighted by Crippen LogP contribution is -2.42. The van der Waals surface area contributed by atoms with Crippen LogP contribution >= 0.6 is 0 Å². The van der Waals surface area contributed by atoms with Gasteiger partial charge in [-0.2, -0.15) is 0 Å². The summed E-state index contributed by atoms with van der Waals surface area (Å²) < 4.78 is 4.84. The maximum absolute atomic E-state index is 4.84. The van der Waals surface area contributed by atoms with Gasteiger partial charge in [-0.3, -0.25) is 0 Å². The summed E-state index contributed by atoms with van der Waals surface area (Å²) in [6.45, 7) is 6.61. The second kappa shape index (κ2) is 5.94. The van der Waals surface area contributed by atoms with E-state index in [1.54, 1.807) is 0 Å². The molecule has 0 spiro atoms. The second-order valence-corrected chi connectivity index (χ2v) is 6.86. The van der Waals surface area contributed by atoms with Crippen molar-refractivity contribution in [3.63, 3.8) is 0 Å². The molecule has 2 aliphatic rings. The topological polar surface area (TPSA) is 71.2 Å². The van der Waals surface area contributed by atoms with Crippen molar-refractivity contribution in [2.75, 3.05) is 22.9 Å². The third-order valence-corrected chi connectivity index (χ3v) is 5.23. The van der Waals surface area contributed by atoms with Crippen LogP contribution in [0.4, 0.5) is 11.6 Å². The molecule has 0 aromatic carbocycles. The molecule has 0 saturated carbocycles. The lowest BCUT2D eigenvalue weighted by Gasteiger charge is -2.39. The largest absolute Gasteiger partial charge is 0.351 e. The molecule has 0 amide bonds. The normalized spacial score (nSPS) is 26.0. The maximum Gasteiger partial charge on any atom is 0.245 e. The predicted octanol–water partition coefficient (Wildman–Crippen LogP) is 2.77. The van der Waals surface area contributed by atoms with Crippen LogP contribution < -0.4 is 9.80 Å². The molecule has 7 heteroatoms. The molecule has 0 bridgehead atoms. The highest BCUT2D eigenvalue weighted by molar-refractivity contribution is 5.75. The fraction of sp³-hybridized carbons (Fsp3) is 0.750. The third-order valence-electron chi connectivity index (χ3n) is 5.23. The molecule has 2 aliphatic heterocycles. The van der Waals surface area contributed by atoms with Crippen LogP contribution in [0.2, 0.25) is 0 Å². The fourth-order valence-electron chi connectivity index (χ4n) is 3.83. The van der Waals surface area contributed by atoms with Crippen LogP contribution in [0.15, 0.2) is 4.63 Å². The minimum absolute atomic E-state index is 0.481. The van der Waals surface area contributed by atoms with Crippen LogP contribution in [0.1, 0.15) is 52.4 Å². The van der Waals surface area contributed by atoms with Gasteiger partial charge in [0.1, 0.15) is 0 Å². The van der Waals surface area contributed by atoms with Crippen LogP contribution in [0.25, 0.3) is 11.3 Å². The van der Waals surface area contributed by atoms with E-state index in [4.69, 9.17) is 14.6 Å². The molecule has 124 valence electrons. The van der Waals surface area contributed by atoms with Crippen LogP contribution in [0.3, 0.4) is 0 Å². The summed E-state index contributed by atoms with van der Waals surface area (Å²) in [6.07, 6.45) is 7.38. The summed E-state index contributed by atoms with van der Waals surface area (Å²) in [5.41, 5.74) is 1.01. The number of hydrogen-bond donors (Lipinski definition) is 0. The summed E-state index contributed by atoms with van der Waals surface area (Å²) in [4.78, 5) is 14.3. The predicted molar refractivity (Wildman–Crippen MR) is 88.7 cm³/mol. The third kappa shape index (κ3) is 2.62. The van der Waals surface area contributed by atoms with E-state index in [-0.39, 0.29) is 0 Å². The quantitative estimate of drug-likeness (QED) is 0.843. The molecule has 2 aromatic heterocycles. The molecule has 4 rings (SSSR count). The molecule has 23 heavy (non-hydrogen) atoms. The zero-order valence-corrected chi connectivity index (χ0v) is 13.9. The maximum atomic E-state index is 4.84. The van der Waals surface area contributed by atoms with Crippen molar-refractivity contribution in [1.82, 2.24) is 20.3 Å². The minimum atomic E-state index is 0.481. The number of nitrogens with zero attached hydrogens (tertiary/aromatic N) is 6. The number of aromatic nitrogens is 4. The Kier molecular flexibility index (Phi) is 3.79. The first-order valence-corrected chi connectivity index (χ1v) is 8.77. The standard InChI is InChI=1S/C16H24N6O/c1-11-7-3-5-9-21(11)15-16(22-10-6-4-8-12(22)2)18-14-13(17-15)19-23-20-14/h11-12H,3-10H2,1-2H3/t11-,12-/m1/s1. The van der Waals surface area contributed by atoms with E-state index >= 15 is 0 Å². The van der Waals surface area contributed by atoms with Gasteiger partial charge in [0, 0.05) is 25.2 Å². The van der Waals surface area contributed by atoms with Gasteiger partial charge in [0.05, 0.1) is 0 Å². The lowest BCUT2D eigenvalue weighted by molar-refractivity contribution is 0.314. The van der Waals surface area contributed by atoms with Crippen molar-refractivity contribution in [1.29, 1.82) is 0 Å². The van der Waals surface area contributed by atoms with Crippen LogP contribution in [-0.4, -0.2) is 45.5 Å². The summed E-state index contributed by atoms with van der Waals surface area (Å²) in [5, 5.41) is 7.80. The van der Waals surface area contributed by atoms with Crippen molar-refractivity contribution < 1.29 is 4.63 Å². The first-order chi connectivity index (χ1) is 11.2. The summed E-state index contributed by atoms with van der Waals surface area (Å²) in [6, 6.07) is 0.961. The molecular formula is C16H24N6O. The van der Waals surface area contributed by atoms with Gasteiger partial charge in [0.2, 0.25) is 11.3 Å². The molecule has 0 aliphatic carbocycles. The van der Waals surface area contributed by atoms with E-state index in [1.807, 2.05) is 0 Å². The van der Waals surface area contributed by atoms with E-state index in [0.717, 1.165) is 24.7 Å². The number of anilines is 2. The van der Waals surface area contributed by atoms with Gasteiger partial charge in [0.15, 0.2) is 11.6 Å². The Balaban J connectivity index is 1.81. The Bertz CT molecular complexity index is 630. The summed E-state index contributed by atoms with van der Waals surface area (Å²) in [7, 11) is 0.